The number of nitrogens with zero attached hydrogens (tertiary/aromatic N) is 6. The number of piperazine rings is 1. The Labute approximate surface area is 145 Å². The molecule has 1 saturated heterocycles. The number of halogens is 1. The number of anilines is 1. The van der Waals surface area contributed by atoms with E-state index in [0.717, 1.165) is 6.54 Å². The van der Waals surface area contributed by atoms with Crippen molar-refractivity contribution in [2.75, 3.05) is 32.0 Å². The second kappa shape index (κ2) is 7.14. The number of carbonyl (C=O) groups excluding carboxylic acids is 1. The van der Waals surface area contributed by atoms with Gasteiger partial charge in [0.15, 0.2) is 0 Å². The molecule has 0 unspecified atom stereocenters. The molecule has 9 heteroatoms. The lowest BCUT2D eigenvalue weighted by Crippen LogP contribution is -2.56. The number of aromatic nitrogens is 4. The summed E-state index contributed by atoms with van der Waals surface area (Å²) < 4.78 is 15.5. The van der Waals surface area contributed by atoms with Crippen molar-refractivity contribution in [3.05, 3.63) is 30.3 Å². The van der Waals surface area contributed by atoms with Crippen LogP contribution in [0.1, 0.15) is 13.8 Å². The summed E-state index contributed by atoms with van der Waals surface area (Å²) >= 11 is 0. The van der Waals surface area contributed by atoms with Crippen LogP contribution >= 0.6 is 0 Å². The Morgan fingerprint density at radius 3 is 2.84 bits per heavy atom. The van der Waals surface area contributed by atoms with Gasteiger partial charge in [-0.1, -0.05) is 13.8 Å². The fourth-order valence-electron chi connectivity index (χ4n) is 3.03. The Kier molecular flexibility index (Phi) is 4.93. The first kappa shape index (κ1) is 17.3. The van der Waals surface area contributed by atoms with Gasteiger partial charge in [-0.05, 0) is 41.6 Å². The van der Waals surface area contributed by atoms with Crippen LogP contribution in [0.2, 0.25) is 0 Å². The van der Waals surface area contributed by atoms with Gasteiger partial charge in [0.1, 0.15) is 12.1 Å². The molecule has 134 valence electrons. The Balaban J connectivity index is 1.73. The van der Waals surface area contributed by atoms with Crippen LogP contribution in [-0.4, -0.2) is 68.8 Å². The molecule has 0 aliphatic carbocycles. The summed E-state index contributed by atoms with van der Waals surface area (Å²) in [6.07, 6.45) is 1.41. The maximum absolute atomic E-state index is 14.1. The molecule has 8 nitrogen and oxygen atoms in total. The number of hydrogen-bond donors (Lipinski definition) is 1. The van der Waals surface area contributed by atoms with Gasteiger partial charge in [0.25, 0.3) is 0 Å². The number of rotatable bonds is 3. The summed E-state index contributed by atoms with van der Waals surface area (Å²) in [6, 6.07) is 4.34. The highest BCUT2D eigenvalue weighted by atomic mass is 19.1. The number of likely N-dealkylation sites (N-methyl/N-ethyl adjacent to an activating group) is 1. The van der Waals surface area contributed by atoms with Gasteiger partial charge in [0, 0.05) is 25.7 Å². The van der Waals surface area contributed by atoms with Crippen molar-refractivity contribution in [3.63, 3.8) is 0 Å². The Morgan fingerprint density at radius 2 is 2.16 bits per heavy atom. The van der Waals surface area contributed by atoms with Gasteiger partial charge < -0.3 is 10.2 Å². The van der Waals surface area contributed by atoms with Crippen LogP contribution in [0.3, 0.4) is 0 Å². The third-order valence-electron chi connectivity index (χ3n) is 4.56. The molecule has 1 N–H and O–H groups in total. The smallest absolute Gasteiger partial charge is 0.322 e. The number of nitrogens with one attached hydrogen (secondary N) is 1. The van der Waals surface area contributed by atoms with Crippen LogP contribution in [0.25, 0.3) is 5.69 Å². The van der Waals surface area contributed by atoms with Crippen LogP contribution in [0.15, 0.2) is 24.5 Å². The summed E-state index contributed by atoms with van der Waals surface area (Å²) in [7, 11) is 2.06. The molecule has 2 heterocycles. The normalized spacial score (nSPS) is 18.6. The van der Waals surface area contributed by atoms with E-state index in [1.807, 2.05) is 0 Å². The molecule has 2 amide bonds. The molecule has 1 aliphatic rings. The zero-order chi connectivity index (χ0) is 18.0. The topological polar surface area (TPSA) is 79.2 Å². The Hall–Kier alpha value is -2.55. The van der Waals surface area contributed by atoms with E-state index >= 15 is 0 Å². The second-order valence-electron chi connectivity index (χ2n) is 6.59. The predicted molar refractivity (Wildman–Crippen MR) is 91.0 cm³/mol. The first-order valence-electron chi connectivity index (χ1n) is 8.25. The second-order valence-corrected chi connectivity index (χ2v) is 6.59. The van der Waals surface area contributed by atoms with Crippen LogP contribution in [0, 0.1) is 11.7 Å². The Bertz CT molecular complexity index is 734. The average Bonchev–Trinajstić information content (AvgIpc) is 3.11. The van der Waals surface area contributed by atoms with Crippen LogP contribution < -0.4 is 5.32 Å². The van der Waals surface area contributed by atoms with E-state index in [1.165, 1.54) is 23.1 Å². The van der Waals surface area contributed by atoms with Crippen molar-refractivity contribution in [1.29, 1.82) is 0 Å². The van der Waals surface area contributed by atoms with Gasteiger partial charge in [-0.15, -0.1) is 5.10 Å². The largest absolute Gasteiger partial charge is 0.322 e. The zero-order valence-corrected chi connectivity index (χ0v) is 14.6. The van der Waals surface area contributed by atoms with Gasteiger partial charge in [0.2, 0.25) is 0 Å². The molecular weight excluding hydrogens is 325 g/mol. The van der Waals surface area contributed by atoms with Crippen molar-refractivity contribution < 1.29 is 9.18 Å². The molecule has 25 heavy (non-hydrogen) atoms. The highest BCUT2D eigenvalue weighted by Crippen LogP contribution is 2.20. The summed E-state index contributed by atoms with van der Waals surface area (Å²) in [6.45, 7) is 6.30. The van der Waals surface area contributed by atoms with E-state index in [-0.39, 0.29) is 17.8 Å². The molecule has 0 bridgehead atoms. The van der Waals surface area contributed by atoms with Crippen molar-refractivity contribution in [2.24, 2.45) is 5.92 Å². The number of hydrogen-bond acceptors (Lipinski definition) is 5. The summed E-state index contributed by atoms with van der Waals surface area (Å²) in [5, 5.41) is 13.5. The molecule has 2 aromatic rings. The molecule has 1 aliphatic heterocycles. The SMILES string of the molecule is CC(C)[C@H]1CN(C(=O)Nc2cc(-n3cnnn3)ccc2F)CCN1C. The predicted octanol–water partition coefficient (Wildman–Crippen LogP) is 1.61. The minimum atomic E-state index is -0.500. The molecule has 3 rings (SSSR count). The van der Waals surface area contributed by atoms with Crippen molar-refractivity contribution >= 4 is 11.7 Å². The number of urea groups is 1. The van der Waals surface area contributed by atoms with Crippen molar-refractivity contribution in [2.45, 2.75) is 19.9 Å². The lowest BCUT2D eigenvalue weighted by atomic mass is 10.0. The maximum atomic E-state index is 14.1. The average molecular weight is 347 g/mol. The van der Waals surface area contributed by atoms with Gasteiger partial charge in [-0.25, -0.2) is 13.9 Å². The molecule has 1 aromatic heterocycles. The Morgan fingerprint density at radius 1 is 1.36 bits per heavy atom. The van der Waals surface area contributed by atoms with Gasteiger partial charge >= 0.3 is 6.03 Å². The molecule has 1 fully saturated rings. The molecule has 1 atom stereocenters. The first-order valence-corrected chi connectivity index (χ1v) is 8.25. The number of carbonyl (C=O) groups is 1. The fraction of sp³-hybridized carbons (Fsp3) is 0.500. The van der Waals surface area contributed by atoms with E-state index in [9.17, 15) is 9.18 Å². The third-order valence-corrected chi connectivity index (χ3v) is 4.56. The molecule has 0 radical (unpaired) electrons. The van der Waals surface area contributed by atoms with Gasteiger partial charge in [0.05, 0.1) is 11.4 Å². The quantitative estimate of drug-likeness (QED) is 0.912. The van der Waals surface area contributed by atoms with E-state index in [1.54, 1.807) is 11.0 Å². The zero-order valence-electron chi connectivity index (χ0n) is 14.6. The third kappa shape index (κ3) is 3.76. The fourth-order valence-corrected chi connectivity index (χ4v) is 3.03. The monoisotopic (exact) mass is 347 g/mol. The highest BCUT2D eigenvalue weighted by molar-refractivity contribution is 5.90. The molecule has 1 aromatic carbocycles. The molecular formula is C16H22FN7O. The maximum Gasteiger partial charge on any atom is 0.322 e. The van der Waals surface area contributed by atoms with E-state index < -0.39 is 5.82 Å². The minimum absolute atomic E-state index is 0.109. The molecule has 0 spiro atoms. The summed E-state index contributed by atoms with van der Waals surface area (Å²) in [5.41, 5.74) is 0.679. The van der Waals surface area contributed by atoms with E-state index in [2.05, 4.69) is 46.6 Å². The van der Waals surface area contributed by atoms with Crippen molar-refractivity contribution in [3.8, 4) is 5.69 Å². The lowest BCUT2D eigenvalue weighted by molar-refractivity contribution is 0.0903. The minimum Gasteiger partial charge on any atom is -0.322 e. The standard InChI is InChI=1S/C16H22FN7O/c1-11(2)15-9-23(7-6-22(15)3)16(25)19-14-8-12(4-5-13(14)17)24-10-18-20-21-24/h4-5,8,10-11,15H,6-7,9H2,1-3H3,(H,19,25)/t15-/m1/s1. The van der Waals surface area contributed by atoms with Crippen molar-refractivity contribution in [1.82, 2.24) is 30.0 Å². The lowest BCUT2D eigenvalue weighted by Gasteiger charge is -2.41. The number of tetrazole rings is 1. The first-order chi connectivity index (χ1) is 12.0. The summed E-state index contributed by atoms with van der Waals surface area (Å²) in [4.78, 5) is 16.6. The number of benzene rings is 1. The molecule has 0 saturated carbocycles. The van der Waals surface area contributed by atoms with E-state index in [4.69, 9.17) is 0 Å². The van der Waals surface area contributed by atoms with Gasteiger partial charge in [-0.3, -0.25) is 4.90 Å². The van der Waals surface area contributed by atoms with Crippen LogP contribution in [0.4, 0.5) is 14.9 Å². The van der Waals surface area contributed by atoms with Crippen LogP contribution in [0.5, 0.6) is 0 Å². The van der Waals surface area contributed by atoms with Crippen LogP contribution in [-0.2, 0) is 0 Å². The summed E-state index contributed by atoms with van der Waals surface area (Å²) in [5.74, 6) is -0.0693. The highest BCUT2D eigenvalue weighted by Gasteiger charge is 2.29. The van der Waals surface area contributed by atoms with Gasteiger partial charge in [-0.2, -0.15) is 0 Å². The van der Waals surface area contributed by atoms with E-state index in [0.29, 0.717) is 24.7 Å². The number of amides is 2.